The van der Waals surface area contributed by atoms with Crippen LogP contribution >= 0.6 is 0 Å². The zero-order chi connectivity index (χ0) is 14.1. The molecule has 0 radical (unpaired) electrons. The van der Waals surface area contributed by atoms with Crippen molar-refractivity contribution in [1.82, 2.24) is 0 Å². The van der Waals surface area contributed by atoms with Gasteiger partial charge in [-0.1, -0.05) is 17.0 Å². The lowest BCUT2D eigenvalue weighted by Crippen LogP contribution is -2.02. The van der Waals surface area contributed by atoms with Crippen molar-refractivity contribution in [3.8, 4) is 17.6 Å². The topological polar surface area (TPSA) is 95.3 Å². The maximum atomic E-state index is 10.7. The normalized spacial score (nSPS) is 8.89. The number of aliphatic carboxylic acids is 1. The molecule has 0 aliphatic heterocycles. The van der Waals surface area contributed by atoms with E-state index >= 15 is 0 Å². The molecule has 1 N–H and O–H groups in total. The quantitative estimate of drug-likeness (QED) is 0.289. The summed E-state index contributed by atoms with van der Waals surface area (Å²) in [6.45, 7) is 0.321. The number of benzene rings is 1. The minimum Gasteiger partial charge on any atom is -0.496 e. The second-order valence-electron chi connectivity index (χ2n) is 3.60. The van der Waals surface area contributed by atoms with Gasteiger partial charge >= 0.3 is 5.97 Å². The molecule has 0 aliphatic rings. The van der Waals surface area contributed by atoms with Gasteiger partial charge in [-0.05, 0) is 23.7 Å². The number of hydrogen-bond donors (Lipinski definition) is 1. The summed E-state index contributed by atoms with van der Waals surface area (Å²) in [5.74, 6) is 5.34. The second-order valence-corrected chi connectivity index (χ2v) is 3.60. The fourth-order valence-electron chi connectivity index (χ4n) is 1.47. The van der Waals surface area contributed by atoms with Gasteiger partial charge < -0.3 is 9.84 Å². The van der Waals surface area contributed by atoms with Gasteiger partial charge in [-0.3, -0.25) is 4.79 Å². The number of nitrogens with zero attached hydrogens (tertiary/aromatic N) is 3. The van der Waals surface area contributed by atoms with Gasteiger partial charge in [0, 0.05) is 29.0 Å². The Bertz CT molecular complexity index is 566. The standard InChI is InChI=1S/C13H13N3O3/c1-19-12-6-5-10(4-2-3-7-15-16-14)8-11(12)9-13(17)18/h5-6,8H,3,7,9H2,1H3,(H,17,18). The average Bonchev–Trinajstić information content (AvgIpc) is 2.38. The summed E-state index contributed by atoms with van der Waals surface area (Å²) in [4.78, 5) is 13.4. The molecule has 98 valence electrons. The molecule has 0 saturated carbocycles. The molecule has 0 fully saturated rings. The third kappa shape index (κ3) is 5.02. The van der Waals surface area contributed by atoms with E-state index < -0.39 is 5.97 Å². The zero-order valence-corrected chi connectivity index (χ0v) is 10.5. The Morgan fingerprint density at radius 1 is 1.58 bits per heavy atom. The molecule has 6 heteroatoms. The van der Waals surface area contributed by atoms with Crippen molar-refractivity contribution in [1.29, 1.82) is 0 Å². The molecule has 0 atom stereocenters. The highest BCUT2D eigenvalue weighted by atomic mass is 16.5. The van der Waals surface area contributed by atoms with Crippen molar-refractivity contribution in [2.75, 3.05) is 13.7 Å². The molecule has 0 spiro atoms. The number of hydrogen-bond acceptors (Lipinski definition) is 3. The molecular formula is C13H13N3O3. The van der Waals surface area contributed by atoms with Crippen LogP contribution < -0.4 is 4.74 Å². The fourth-order valence-corrected chi connectivity index (χ4v) is 1.47. The van der Waals surface area contributed by atoms with Gasteiger partial charge in [-0.15, -0.1) is 0 Å². The minimum absolute atomic E-state index is 0.114. The number of azide groups is 1. The summed E-state index contributed by atoms with van der Waals surface area (Å²) in [5.41, 5.74) is 9.39. The van der Waals surface area contributed by atoms with Crippen LogP contribution in [0.25, 0.3) is 10.4 Å². The molecule has 0 heterocycles. The predicted molar refractivity (Wildman–Crippen MR) is 69.8 cm³/mol. The predicted octanol–water partition coefficient (Wildman–Crippen LogP) is 2.37. The van der Waals surface area contributed by atoms with Crippen LogP contribution in [0.15, 0.2) is 23.3 Å². The molecule has 0 aliphatic carbocycles. The van der Waals surface area contributed by atoms with E-state index in [0.717, 1.165) is 0 Å². The first-order chi connectivity index (χ1) is 9.17. The fraction of sp³-hybridized carbons (Fsp3) is 0.308. The van der Waals surface area contributed by atoms with E-state index in [4.69, 9.17) is 15.4 Å². The van der Waals surface area contributed by atoms with Crippen LogP contribution in [0.1, 0.15) is 17.5 Å². The number of methoxy groups -OCH3 is 1. The maximum Gasteiger partial charge on any atom is 0.307 e. The number of rotatable bonds is 5. The van der Waals surface area contributed by atoms with Crippen molar-refractivity contribution in [2.24, 2.45) is 5.11 Å². The van der Waals surface area contributed by atoms with Gasteiger partial charge in [-0.25, -0.2) is 0 Å². The first kappa shape index (κ1) is 14.4. The smallest absolute Gasteiger partial charge is 0.307 e. The number of carbonyl (C=O) groups is 1. The lowest BCUT2D eigenvalue weighted by atomic mass is 10.1. The highest BCUT2D eigenvalue weighted by molar-refractivity contribution is 5.71. The van der Waals surface area contributed by atoms with Crippen molar-refractivity contribution in [3.05, 3.63) is 39.8 Å². The Morgan fingerprint density at radius 2 is 2.37 bits per heavy atom. The third-order valence-corrected chi connectivity index (χ3v) is 2.25. The van der Waals surface area contributed by atoms with Gasteiger partial charge in [0.05, 0.1) is 13.5 Å². The molecule has 0 bridgehead atoms. The third-order valence-electron chi connectivity index (χ3n) is 2.25. The van der Waals surface area contributed by atoms with Gasteiger partial charge in [0.15, 0.2) is 0 Å². The van der Waals surface area contributed by atoms with Crippen LogP contribution in [0.4, 0.5) is 0 Å². The van der Waals surface area contributed by atoms with E-state index in [1.54, 1.807) is 18.2 Å². The first-order valence-electron chi connectivity index (χ1n) is 5.56. The average molecular weight is 259 g/mol. The van der Waals surface area contributed by atoms with Crippen LogP contribution in [-0.4, -0.2) is 24.7 Å². The van der Waals surface area contributed by atoms with Crippen molar-refractivity contribution in [2.45, 2.75) is 12.8 Å². The number of ether oxygens (including phenoxy) is 1. The lowest BCUT2D eigenvalue weighted by molar-refractivity contribution is -0.136. The van der Waals surface area contributed by atoms with Crippen LogP contribution in [-0.2, 0) is 11.2 Å². The molecule has 0 unspecified atom stereocenters. The summed E-state index contributed by atoms with van der Waals surface area (Å²) >= 11 is 0. The highest BCUT2D eigenvalue weighted by Crippen LogP contribution is 2.20. The van der Waals surface area contributed by atoms with Gasteiger partial charge in [0.1, 0.15) is 5.75 Å². The summed E-state index contributed by atoms with van der Waals surface area (Å²) in [6, 6.07) is 5.13. The van der Waals surface area contributed by atoms with E-state index in [9.17, 15) is 4.79 Å². The lowest BCUT2D eigenvalue weighted by Gasteiger charge is -2.06. The Kier molecular flexibility index (Phi) is 5.80. The largest absolute Gasteiger partial charge is 0.496 e. The van der Waals surface area contributed by atoms with Crippen LogP contribution in [0, 0.1) is 11.8 Å². The number of carboxylic acid groups (broad SMARTS) is 1. The molecule has 1 aromatic carbocycles. The molecule has 6 nitrogen and oxygen atoms in total. The summed E-state index contributed by atoms with van der Waals surface area (Å²) in [5, 5.41) is 12.2. The van der Waals surface area contributed by atoms with E-state index in [1.165, 1.54) is 7.11 Å². The van der Waals surface area contributed by atoms with Crippen molar-refractivity contribution in [3.63, 3.8) is 0 Å². The van der Waals surface area contributed by atoms with Crippen molar-refractivity contribution >= 4 is 5.97 Å². The molecule has 1 aromatic rings. The Hall–Kier alpha value is -2.64. The zero-order valence-electron chi connectivity index (χ0n) is 10.5. The van der Waals surface area contributed by atoms with Crippen LogP contribution in [0.3, 0.4) is 0 Å². The van der Waals surface area contributed by atoms with Gasteiger partial charge in [-0.2, -0.15) is 0 Å². The van der Waals surface area contributed by atoms with Gasteiger partial charge in [0.2, 0.25) is 0 Å². The minimum atomic E-state index is -0.924. The SMILES string of the molecule is COc1ccc(C#CCCN=[N+]=[N-])cc1CC(=O)O. The summed E-state index contributed by atoms with van der Waals surface area (Å²) in [6.07, 6.45) is 0.349. The molecule has 1 rings (SSSR count). The van der Waals surface area contributed by atoms with Gasteiger partial charge in [0.25, 0.3) is 0 Å². The summed E-state index contributed by atoms with van der Waals surface area (Å²) in [7, 11) is 1.49. The second kappa shape index (κ2) is 7.64. The molecule has 0 aromatic heterocycles. The Morgan fingerprint density at radius 3 is 3.00 bits per heavy atom. The molecule has 0 saturated heterocycles. The maximum absolute atomic E-state index is 10.7. The van der Waals surface area contributed by atoms with Crippen LogP contribution in [0.2, 0.25) is 0 Å². The molecule has 0 amide bonds. The first-order valence-corrected chi connectivity index (χ1v) is 5.56. The molecular weight excluding hydrogens is 246 g/mol. The summed E-state index contributed by atoms with van der Waals surface area (Å²) < 4.78 is 5.09. The Labute approximate surface area is 110 Å². The molecule has 19 heavy (non-hydrogen) atoms. The highest BCUT2D eigenvalue weighted by Gasteiger charge is 2.07. The van der Waals surface area contributed by atoms with Crippen molar-refractivity contribution < 1.29 is 14.6 Å². The Balaban J connectivity index is 2.85. The van der Waals surface area contributed by atoms with E-state index in [-0.39, 0.29) is 6.42 Å². The van der Waals surface area contributed by atoms with E-state index in [1.807, 2.05) is 0 Å². The van der Waals surface area contributed by atoms with E-state index in [0.29, 0.717) is 29.8 Å². The van der Waals surface area contributed by atoms with E-state index in [2.05, 4.69) is 21.9 Å². The van der Waals surface area contributed by atoms with Crippen LogP contribution in [0.5, 0.6) is 5.75 Å². The monoisotopic (exact) mass is 259 g/mol. The number of carboxylic acids is 1.